The van der Waals surface area contributed by atoms with Crippen LogP contribution in [0.25, 0.3) is 0 Å². The number of amides is 1. The molecular formula is C19H22N2O4S. The van der Waals surface area contributed by atoms with E-state index in [9.17, 15) is 13.2 Å². The lowest BCUT2D eigenvalue weighted by molar-refractivity contribution is 0.0957. The summed E-state index contributed by atoms with van der Waals surface area (Å²) in [5, 5.41) is 2.66. The van der Waals surface area contributed by atoms with E-state index < -0.39 is 10.0 Å². The van der Waals surface area contributed by atoms with Crippen molar-refractivity contribution >= 4 is 21.6 Å². The fourth-order valence-corrected chi connectivity index (χ4v) is 3.68. The first kappa shape index (κ1) is 19.5. The van der Waals surface area contributed by atoms with Crippen molar-refractivity contribution in [1.82, 2.24) is 5.32 Å². The molecule has 0 radical (unpaired) electrons. The van der Waals surface area contributed by atoms with Crippen LogP contribution in [0.3, 0.4) is 0 Å². The van der Waals surface area contributed by atoms with Crippen molar-refractivity contribution in [3.8, 4) is 5.75 Å². The molecule has 1 N–H and O–H groups in total. The van der Waals surface area contributed by atoms with E-state index in [0.29, 0.717) is 29.1 Å². The largest absolute Gasteiger partial charge is 0.495 e. The van der Waals surface area contributed by atoms with Gasteiger partial charge in [-0.2, -0.15) is 0 Å². The van der Waals surface area contributed by atoms with Crippen LogP contribution in [0.1, 0.15) is 15.9 Å². The second kappa shape index (κ2) is 8.05. The molecule has 26 heavy (non-hydrogen) atoms. The highest BCUT2D eigenvalue weighted by atomic mass is 32.2. The highest BCUT2D eigenvalue weighted by molar-refractivity contribution is 7.92. The minimum Gasteiger partial charge on any atom is -0.495 e. The Morgan fingerprint density at radius 2 is 1.96 bits per heavy atom. The highest BCUT2D eigenvalue weighted by Crippen LogP contribution is 2.31. The van der Waals surface area contributed by atoms with Gasteiger partial charge in [0, 0.05) is 19.2 Å². The molecule has 138 valence electrons. The van der Waals surface area contributed by atoms with Gasteiger partial charge in [-0.1, -0.05) is 24.3 Å². The summed E-state index contributed by atoms with van der Waals surface area (Å²) >= 11 is 0. The SMILES string of the molecule is C=CCNC(=O)c1cc(S(=O)(=O)N(C)c2ccccc2OC)ccc1C. The van der Waals surface area contributed by atoms with Crippen LogP contribution in [0.15, 0.2) is 60.0 Å². The number of nitrogens with one attached hydrogen (secondary N) is 1. The number of anilines is 1. The average Bonchev–Trinajstić information content (AvgIpc) is 2.65. The molecular weight excluding hydrogens is 352 g/mol. The predicted octanol–water partition coefficient (Wildman–Crippen LogP) is 2.74. The van der Waals surface area contributed by atoms with Gasteiger partial charge in [0.1, 0.15) is 5.75 Å². The Morgan fingerprint density at radius 1 is 1.27 bits per heavy atom. The van der Waals surface area contributed by atoms with Gasteiger partial charge in [-0.3, -0.25) is 9.10 Å². The van der Waals surface area contributed by atoms with Crippen LogP contribution in [0.4, 0.5) is 5.69 Å². The van der Waals surface area contributed by atoms with E-state index >= 15 is 0 Å². The molecule has 0 aliphatic rings. The van der Waals surface area contributed by atoms with Gasteiger partial charge in [0.2, 0.25) is 0 Å². The highest BCUT2D eigenvalue weighted by Gasteiger charge is 2.25. The van der Waals surface area contributed by atoms with Gasteiger partial charge < -0.3 is 10.1 Å². The molecule has 7 heteroatoms. The van der Waals surface area contributed by atoms with Gasteiger partial charge in [-0.15, -0.1) is 6.58 Å². The van der Waals surface area contributed by atoms with E-state index in [1.165, 1.54) is 26.3 Å². The Hall–Kier alpha value is -2.80. The number of nitrogens with zero attached hydrogens (tertiary/aromatic N) is 1. The van der Waals surface area contributed by atoms with Crippen molar-refractivity contribution in [1.29, 1.82) is 0 Å². The normalized spacial score (nSPS) is 10.9. The number of carbonyl (C=O) groups is 1. The number of hydrogen-bond donors (Lipinski definition) is 1. The van der Waals surface area contributed by atoms with Crippen molar-refractivity contribution in [3.05, 3.63) is 66.2 Å². The Morgan fingerprint density at radius 3 is 2.62 bits per heavy atom. The number of rotatable bonds is 7. The first-order valence-electron chi connectivity index (χ1n) is 7.94. The molecule has 0 aromatic heterocycles. The number of hydrogen-bond acceptors (Lipinski definition) is 4. The first-order chi connectivity index (χ1) is 12.3. The van der Waals surface area contributed by atoms with Gasteiger partial charge in [-0.05, 0) is 36.8 Å². The maximum absolute atomic E-state index is 13.0. The third-order valence-corrected chi connectivity index (χ3v) is 5.71. The monoisotopic (exact) mass is 374 g/mol. The number of para-hydroxylation sites is 2. The molecule has 2 aromatic carbocycles. The van der Waals surface area contributed by atoms with Crippen LogP contribution in [0.5, 0.6) is 5.75 Å². The Kier molecular flexibility index (Phi) is 6.05. The van der Waals surface area contributed by atoms with Crippen molar-refractivity contribution in [3.63, 3.8) is 0 Å². The molecule has 0 atom stereocenters. The molecule has 0 heterocycles. The van der Waals surface area contributed by atoms with Gasteiger partial charge in [0.05, 0.1) is 17.7 Å². The molecule has 0 spiro atoms. The molecule has 0 unspecified atom stereocenters. The summed E-state index contributed by atoms with van der Waals surface area (Å²) in [4.78, 5) is 12.3. The lowest BCUT2D eigenvalue weighted by atomic mass is 10.1. The number of aryl methyl sites for hydroxylation is 1. The minimum atomic E-state index is -3.86. The van der Waals surface area contributed by atoms with E-state index in [2.05, 4.69) is 11.9 Å². The van der Waals surface area contributed by atoms with Crippen LogP contribution in [-0.2, 0) is 10.0 Å². The van der Waals surface area contributed by atoms with Crippen LogP contribution < -0.4 is 14.4 Å². The average molecular weight is 374 g/mol. The van der Waals surface area contributed by atoms with E-state index in [1.807, 2.05) is 0 Å². The second-order valence-electron chi connectivity index (χ2n) is 5.62. The summed E-state index contributed by atoms with van der Waals surface area (Å²) in [6.45, 7) is 5.60. The van der Waals surface area contributed by atoms with E-state index in [1.54, 1.807) is 43.3 Å². The molecule has 2 rings (SSSR count). The molecule has 6 nitrogen and oxygen atoms in total. The zero-order chi connectivity index (χ0) is 19.3. The van der Waals surface area contributed by atoms with Crippen LogP contribution in [0.2, 0.25) is 0 Å². The van der Waals surface area contributed by atoms with Gasteiger partial charge in [0.25, 0.3) is 15.9 Å². The number of sulfonamides is 1. The van der Waals surface area contributed by atoms with E-state index in [0.717, 1.165) is 4.31 Å². The zero-order valence-electron chi connectivity index (χ0n) is 15.0. The van der Waals surface area contributed by atoms with Crippen molar-refractivity contribution in [2.45, 2.75) is 11.8 Å². The first-order valence-corrected chi connectivity index (χ1v) is 9.38. The Bertz CT molecular complexity index is 923. The van der Waals surface area contributed by atoms with Gasteiger partial charge in [0.15, 0.2) is 0 Å². The van der Waals surface area contributed by atoms with Gasteiger partial charge >= 0.3 is 0 Å². The number of ether oxygens (including phenoxy) is 1. The summed E-state index contributed by atoms with van der Waals surface area (Å²) in [7, 11) is -0.936. The van der Waals surface area contributed by atoms with E-state index in [-0.39, 0.29) is 10.8 Å². The van der Waals surface area contributed by atoms with Crippen molar-refractivity contribution < 1.29 is 17.9 Å². The standard InChI is InChI=1S/C19H22N2O4S/c1-5-12-20-19(22)16-13-15(11-10-14(16)2)26(23,24)21(3)17-8-6-7-9-18(17)25-4/h5-11,13H,1,12H2,2-4H3,(H,20,22). The van der Waals surface area contributed by atoms with Gasteiger partial charge in [-0.25, -0.2) is 8.42 Å². The number of carbonyl (C=O) groups excluding carboxylic acids is 1. The molecule has 0 fully saturated rings. The maximum Gasteiger partial charge on any atom is 0.264 e. The molecule has 0 bridgehead atoms. The summed E-state index contributed by atoms with van der Waals surface area (Å²) in [5.41, 5.74) is 1.40. The summed E-state index contributed by atoms with van der Waals surface area (Å²) in [5.74, 6) is 0.0917. The third-order valence-electron chi connectivity index (χ3n) is 3.94. The third kappa shape index (κ3) is 3.88. The number of benzene rings is 2. The van der Waals surface area contributed by atoms with Crippen LogP contribution >= 0.6 is 0 Å². The maximum atomic E-state index is 13.0. The summed E-state index contributed by atoms with van der Waals surface area (Å²) in [6, 6.07) is 11.3. The van der Waals surface area contributed by atoms with E-state index in [4.69, 9.17) is 4.74 Å². The minimum absolute atomic E-state index is 0.0280. The lowest BCUT2D eigenvalue weighted by Gasteiger charge is -2.22. The summed E-state index contributed by atoms with van der Waals surface area (Å²) in [6.07, 6.45) is 1.56. The van der Waals surface area contributed by atoms with Crippen molar-refractivity contribution in [2.75, 3.05) is 25.0 Å². The smallest absolute Gasteiger partial charge is 0.264 e. The fraction of sp³-hybridized carbons (Fsp3) is 0.211. The fourth-order valence-electron chi connectivity index (χ4n) is 2.44. The van der Waals surface area contributed by atoms with Crippen molar-refractivity contribution in [2.24, 2.45) is 0 Å². The number of methoxy groups -OCH3 is 1. The topological polar surface area (TPSA) is 75.7 Å². The lowest BCUT2D eigenvalue weighted by Crippen LogP contribution is -2.28. The molecule has 1 amide bonds. The second-order valence-corrected chi connectivity index (χ2v) is 7.59. The molecule has 2 aromatic rings. The molecule has 0 aliphatic carbocycles. The zero-order valence-corrected chi connectivity index (χ0v) is 15.8. The molecule has 0 saturated carbocycles. The molecule has 0 saturated heterocycles. The quantitative estimate of drug-likeness (QED) is 0.756. The van der Waals surface area contributed by atoms with Crippen LogP contribution in [0, 0.1) is 6.92 Å². The summed E-state index contributed by atoms with van der Waals surface area (Å²) < 4.78 is 32.4. The predicted molar refractivity (Wildman–Crippen MR) is 102 cm³/mol. The van der Waals surface area contributed by atoms with Crippen LogP contribution in [-0.4, -0.2) is 35.0 Å². The molecule has 0 aliphatic heterocycles. The Balaban J connectivity index is 2.46. The Labute approximate surface area is 154 Å².